The molecule has 0 radical (unpaired) electrons. The zero-order valence-electron chi connectivity index (χ0n) is 10.7. The van der Waals surface area contributed by atoms with Crippen LogP contribution in [0.15, 0.2) is 40.9 Å². The second kappa shape index (κ2) is 5.70. The van der Waals surface area contributed by atoms with Gasteiger partial charge < -0.3 is 5.32 Å². The van der Waals surface area contributed by atoms with E-state index >= 15 is 0 Å². The van der Waals surface area contributed by atoms with Gasteiger partial charge in [-0.05, 0) is 65.2 Å². The summed E-state index contributed by atoms with van der Waals surface area (Å²) in [4.78, 5) is 0. The molecule has 2 aromatic carbocycles. The predicted molar refractivity (Wildman–Crippen MR) is 77.3 cm³/mol. The van der Waals surface area contributed by atoms with E-state index in [1.54, 1.807) is 18.2 Å². The molecule has 0 amide bonds. The molecule has 100 valence electrons. The zero-order chi connectivity index (χ0) is 14.0. The highest BCUT2D eigenvalue weighted by Crippen LogP contribution is 2.25. The average Bonchev–Trinajstić information content (AvgIpc) is 2.36. The lowest BCUT2D eigenvalue weighted by atomic mass is 10.1. The van der Waals surface area contributed by atoms with E-state index in [2.05, 4.69) is 21.2 Å². The molecule has 0 bridgehead atoms. The van der Waals surface area contributed by atoms with Crippen molar-refractivity contribution in [3.05, 3.63) is 63.6 Å². The minimum Gasteiger partial charge on any atom is -0.376 e. The van der Waals surface area contributed by atoms with Crippen molar-refractivity contribution in [3.63, 3.8) is 0 Å². The number of aryl methyl sites for hydroxylation is 1. The fraction of sp³-hybridized carbons (Fsp3) is 0.200. The third kappa shape index (κ3) is 3.32. The fourth-order valence-electron chi connectivity index (χ4n) is 1.84. The number of anilines is 1. The van der Waals surface area contributed by atoms with Crippen LogP contribution in [0, 0.1) is 18.6 Å². The quantitative estimate of drug-likeness (QED) is 0.816. The lowest BCUT2D eigenvalue weighted by Crippen LogP contribution is -2.08. The van der Waals surface area contributed by atoms with Gasteiger partial charge in [0.1, 0.15) is 11.6 Å². The van der Waals surface area contributed by atoms with E-state index in [0.29, 0.717) is 10.2 Å². The number of halogens is 3. The van der Waals surface area contributed by atoms with Gasteiger partial charge in [0.2, 0.25) is 0 Å². The third-order valence-corrected chi connectivity index (χ3v) is 3.55. The first-order valence-corrected chi connectivity index (χ1v) is 6.74. The Bertz CT molecular complexity index is 599. The van der Waals surface area contributed by atoms with Crippen molar-refractivity contribution in [2.75, 3.05) is 5.32 Å². The van der Waals surface area contributed by atoms with E-state index in [0.717, 1.165) is 11.1 Å². The van der Waals surface area contributed by atoms with Crippen LogP contribution in [0.1, 0.15) is 24.1 Å². The largest absolute Gasteiger partial charge is 0.376 e. The highest BCUT2D eigenvalue weighted by Gasteiger charge is 2.10. The second-order valence-electron chi connectivity index (χ2n) is 4.52. The molecule has 0 saturated heterocycles. The first-order chi connectivity index (χ1) is 8.97. The van der Waals surface area contributed by atoms with Crippen LogP contribution in [0.5, 0.6) is 0 Å². The van der Waals surface area contributed by atoms with Gasteiger partial charge in [-0.1, -0.05) is 12.1 Å². The van der Waals surface area contributed by atoms with Crippen LogP contribution in [-0.4, -0.2) is 0 Å². The summed E-state index contributed by atoms with van der Waals surface area (Å²) in [6.07, 6.45) is 0. The van der Waals surface area contributed by atoms with E-state index < -0.39 is 0 Å². The summed E-state index contributed by atoms with van der Waals surface area (Å²) in [6, 6.07) is 9.69. The van der Waals surface area contributed by atoms with Gasteiger partial charge >= 0.3 is 0 Å². The SMILES string of the molecule is Cc1ccc(NC(C)c2ccc(F)c(Br)c2)c(F)c1. The molecular weight excluding hydrogens is 312 g/mol. The monoisotopic (exact) mass is 325 g/mol. The molecule has 1 N–H and O–H groups in total. The first-order valence-electron chi connectivity index (χ1n) is 5.95. The Morgan fingerprint density at radius 1 is 1.05 bits per heavy atom. The Balaban J connectivity index is 2.20. The standard InChI is InChI=1S/C15H14BrF2N/c1-9-3-6-15(14(18)7-9)19-10(2)11-4-5-13(17)12(16)8-11/h3-8,10,19H,1-2H3. The summed E-state index contributed by atoms with van der Waals surface area (Å²) in [5.41, 5.74) is 2.20. The van der Waals surface area contributed by atoms with Crippen molar-refractivity contribution < 1.29 is 8.78 Å². The molecule has 2 rings (SSSR count). The maximum Gasteiger partial charge on any atom is 0.146 e. The Morgan fingerprint density at radius 3 is 2.42 bits per heavy atom. The molecule has 0 aromatic heterocycles. The van der Waals surface area contributed by atoms with Crippen LogP contribution in [0.2, 0.25) is 0 Å². The van der Waals surface area contributed by atoms with Gasteiger partial charge in [-0.2, -0.15) is 0 Å². The van der Waals surface area contributed by atoms with Gasteiger partial charge in [0, 0.05) is 6.04 Å². The average molecular weight is 326 g/mol. The molecule has 0 heterocycles. The molecule has 0 saturated carbocycles. The number of rotatable bonds is 3. The van der Waals surface area contributed by atoms with Gasteiger partial charge in [0.05, 0.1) is 10.2 Å². The molecule has 0 fully saturated rings. The molecule has 1 nitrogen and oxygen atoms in total. The van der Waals surface area contributed by atoms with Crippen molar-refractivity contribution in [1.29, 1.82) is 0 Å². The summed E-state index contributed by atoms with van der Waals surface area (Å²) >= 11 is 3.15. The highest BCUT2D eigenvalue weighted by molar-refractivity contribution is 9.10. The fourth-order valence-corrected chi connectivity index (χ4v) is 2.23. The van der Waals surface area contributed by atoms with E-state index in [4.69, 9.17) is 0 Å². The Kier molecular flexibility index (Phi) is 4.20. The Labute approximate surface area is 119 Å². The van der Waals surface area contributed by atoms with Crippen LogP contribution in [-0.2, 0) is 0 Å². The van der Waals surface area contributed by atoms with E-state index in [1.165, 1.54) is 12.1 Å². The molecule has 2 aromatic rings. The van der Waals surface area contributed by atoms with Crippen molar-refractivity contribution in [1.82, 2.24) is 0 Å². The molecule has 1 atom stereocenters. The smallest absolute Gasteiger partial charge is 0.146 e. The van der Waals surface area contributed by atoms with Crippen molar-refractivity contribution in [2.24, 2.45) is 0 Å². The lowest BCUT2D eigenvalue weighted by Gasteiger charge is -2.17. The summed E-state index contributed by atoms with van der Waals surface area (Å²) in [5, 5.41) is 3.08. The van der Waals surface area contributed by atoms with Crippen LogP contribution in [0.3, 0.4) is 0 Å². The highest BCUT2D eigenvalue weighted by atomic mass is 79.9. The topological polar surface area (TPSA) is 12.0 Å². The Hall–Kier alpha value is -1.42. The van der Waals surface area contributed by atoms with E-state index in [-0.39, 0.29) is 17.7 Å². The van der Waals surface area contributed by atoms with Crippen LogP contribution in [0.25, 0.3) is 0 Å². The van der Waals surface area contributed by atoms with Gasteiger partial charge in [-0.15, -0.1) is 0 Å². The second-order valence-corrected chi connectivity index (χ2v) is 5.38. The number of benzene rings is 2. The van der Waals surface area contributed by atoms with Gasteiger partial charge in [-0.3, -0.25) is 0 Å². The maximum absolute atomic E-state index is 13.7. The van der Waals surface area contributed by atoms with Crippen molar-refractivity contribution in [3.8, 4) is 0 Å². The summed E-state index contributed by atoms with van der Waals surface area (Å²) in [6.45, 7) is 3.74. The molecule has 0 aliphatic heterocycles. The van der Waals surface area contributed by atoms with E-state index in [1.807, 2.05) is 19.9 Å². The normalized spacial score (nSPS) is 12.3. The van der Waals surface area contributed by atoms with E-state index in [9.17, 15) is 8.78 Å². The lowest BCUT2D eigenvalue weighted by molar-refractivity contribution is 0.618. The molecule has 0 aliphatic carbocycles. The number of nitrogens with one attached hydrogen (secondary N) is 1. The summed E-state index contributed by atoms with van der Waals surface area (Å²) < 4.78 is 27.3. The minimum atomic E-state index is -0.308. The predicted octanol–water partition coefficient (Wildman–Crippen LogP) is 5.21. The summed E-state index contributed by atoms with van der Waals surface area (Å²) in [7, 11) is 0. The van der Waals surface area contributed by atoms with Crippen molar-refractivity contribution >= 4 is 21.6 Å². The maximum atomic E-state index is 13.7. The summed E-state index contributed by atoms with van der Waals surface area (Å²) in [5.74, 6) is -0.592. The molecule has 0 spiro atoms. The molecule has 4 heteroatoms. The van der Waals surface area contributed by atoms with Crippen LogP contribution < -0.4 is 5.32 Å². The third-order valence-electron chi connectivity index (χ3n) is 2.94. The Morgan fingerprint density at radius 2 is 1.79 bits per heavy atom. The molecule has 19 heavy (non-hydrogen) atoms. The number of hydrogen-bond donors (Lipinski definition) is 1. The molecular formula is C15H14BrF2N. The van der Waals surface area contributed by atoms with Crippen molar-refractivity contribution in [2.45, 2.75) is 19.9 Å². The van der Waals surface area contributed by atoms with Gasteiger partial charge in [0.25, 0.3) is 0 Å². The zero-order valence-corrected chi connectivity index (χ0v) is 12.3. The van der Waals surface area contributed by atoms with Crippen LogP contribution >= 0.6 is 15.9 Å². The van der Waals surface area contributed by atoms with Crippen LogP contribution in [0.4, 0.5) is 14.5 Å². The first kappa shape index (κ1) is 14.0. The van der Waals surface area contributed by atoms with Gasteiger partial charge in [0.15, 0.2) is 0 Å². The minimum absolute atomic E-state index is 0.117. The molecule has 0 aliphatic rings. The molecule has 1 unspecified atom stereocenters. The number of hydrogen-bond acceptors (Lipinski definition) is 1. The van der Waals surface area contributed by atoms with Gasteiger partial charge in [-0.25, -0.2) is 8.78 Å².